The Morgan fingerprint density at radius 3 is 2.65 bits per heavy atom. The summed E-state index contributed by atoms with van der Waals surface area (Å²) in [6.07, 6.45) is 1.53. The lowest BCUT2D eigenvalue weighted by molar-refractivity contribution is 0.0697. The van der Waals surface area contributed by atoms with Crippen LogP contribution in [0.15, 0.2) is 22.7 Å². The Bertz CT molecular complexity index is 552. The SMILES string of the molecule is Cc1ccc(-c2nn(C(C)C)cc2C(=O)O)o1. The summed E-state index contributed by atoms with van der Waals surface area (Å²) in [6.45, 7) is 5.69. The molecule has 0 aromatic carbocycles. The molecule has 0 bridgehead atoms. The summed E-state index contributed by atoms with van der Waals surface area (Å²) in [5.41, 5.74) is 0.535. The molecule has 0 amide bonds. The molecular formula is C12H14N2O3. The van der Waals surface area contributed by atoms with Crippen molar-refractivity contribution >= 4 is 5.97 Å². The third kappa shape index (κ3) is 2.08. The first kappa shape index (κ1) is 11.4. The number of hydrogen-bond donors (Lipinski definition) is 1. The van der Waals surface area contributed by atoms with E-state index >= 15 is 0 Å². The predicted octanol–water partition coefficient (Wildman–Crippen LogP) is 2.73. The van der Waals surface area contributed by atoms with Gasteiger partial charge in [0.2, 0.25) is 0 Å². The summed E-state index contributed by atoms with van der Waals surface area (Å²) in [5.74, 6) is 0.218. The fourth-order valence-electron chi connectivity index (χ4n) is 1.56. The molecule has 0 aliphatic rings. The molecule has 2 rings (SSSR count). The Morgan fingerprint density at radius 2 is 2.18 bits per heavy atom. The van der Waals surface area contributed by atoms with Crippen molar-refractivity contribution in [1.82, 2.24) is 9.78 Å². The van der Waals surface area contributed by atoms with Crippen LogP contribution in [0.4, 0.5) is 0 Å². The van der Waals surface area contributed by atoms with E-state index in [0.717, 1.165) is 5.76 Å². The third-order valence-corrected chi connectivity index (χ3v) is 2.47. The van der Waals surface area contributed by atoms with Gasteiger partial charge in [0.1, 0.15) is 17.0 Å². The predicted molar refractivity (Wildman–Crippen MR) is 62.0 cm³/mol. The maximum Gasteiger partial charge on any atom is 0.339 e. The number of aromatic nitrogens is 2. The van der Waals surface area contributed by atoms with Gasteiger partial charge in [-0.15, -0.1) is 0 Å². The molecule has 5 heteroatoms. The summed E-state index contributed by atoms with van der Waals surface area (Å²) >= 11 is 0. The van der Waals surface area contributed by atoms with Crippen LogP contribution in [0.25, 0.3) is 11.5 Å². The number of carbonyl (C=O) groups is 1. The topological polar surface area (TPSA) is 68.3 Å². The van der Waals surface area contributed by atoms with Crippen molar-refractivity contribution in [3.05, 3.63) is 29.7 Å². The number of aromatic carboxylic acids is 1. The molecule has 2 aromatic heterocycles. The molecule has 5 nitrogen and oxygen atoms in total. The van der Waals surface area contributed by atoms with E-state index in [1.807, 2.05) is 20.8 Å². The highest BCUT2D eigenvalue weighted by Gasteiger charge is 2.20. The largest absolute Gasteiger partial charge is 0.478 e. The zero-order valence-electron chi connectivity index (χ0n) is 9.97. The van der Waals surface area contributed by atoms with Crippen LogP contribution >= 0.6 is 0 Å². The Kier molecular flexibility index (Phi) is 2.75. The Balaban J connectivity index is 2.55. The molecule has 1 N–H and O–H groups in total. The Labute approximate surface area is 98.7 Å². The van der Waals surface area contributed by atoms with Crippen molar-refractivity contribution in [2.75, 3.05) is 0 Å². The van der Waals surface area contributed by atoms with E-state index in [1.165, 1.54) is 6.20 Å². The molecule has 0 unspecified atom stereocenters. The molecule has 0 radical (unpaired) electrons. The zero-order valence-corrected chi connectivity index (χ0v) is 9.97. The molecule has 0 saturated carbocycles. The lowest BCUT2D eigenvalue weighted by atomic mass is 10.2. The van der Waals surface area contributed by atoms with E-state index in [9.17, 15) is 4.79 Å². The molecule has 0 saturated heterocycles. The maximum absolute atomic E-state index is 11.1. The molecule has 90 valence electrons. The highest BCUT2D eigenvalue weighted by Crippen LogP contribution is 2.25. The molecule has 2 heterocycles. The smallest absolute Gasteiger partial charge is 0.339 e. The first-order valence-corrected chi connectivity index (χ1v) is 5.38. The van der Waals surface area contributed by atoms with Crippen LogP contribution in [0, 0.1) is 6.92 Å². The average Bonchev–Trinajstić information content (AvgIpc) is 2.82. The first-order valence-electron chi connectivity index (χ1n) is 5.38. The highest BCUT2D eigenvalue weighted by molar-refractivity contribution is 5.93. The standard InChI is InChI=1S/C12H14N2O3/c1-7(2)14-6-9(12(15)16)11(13-14)10-5-4-8(3)17-10/h4-7H,1-3H3,(H,15,16). The average molecular weight is 234 g/mol. The Hall–Kier alpha value is -2.04. The van der Waals surface area contributed by atoms with Crippen LogP contribution in [0.1, 0.15) is 36.0 Å². The van der Waals surface area contributed by atoms with E-state index in [2.05, 4.69) is 5.10 Å². The molecular weight excluding hydrogens is 220 g/mol. The lowest BCUT2D eigenvalue weighted by Crippen LogP contribution is -2.00. The molecule has 2 aromatic rings. The van der Waals surface area contributed by atoms with Gasteiger partial charge in [0.05, 0.1) is 0 Å². The maximum atomic E-state index is 11.1. The van der Waals surface area contributed by atoms with Crippen LogP contribution in [0.2, 0.25) is 0 Å². The molecule has 0 aliphatic carbocycles. The number of nitrogens with zero attached hydrogens (tertiary/aromatic N) is 2. The third-order valence-electron chi connectivity index (χ3n) is 2.47. The summed E-state index contributed by atoms with van der Waals surface area (Å²) in [6, 6.07) is 3.63. The minimum atomic E-state index is -0.999. The summed E-state index contributed by atoms with van der Waals surface area (Å²) in [5, 5.41) is 13.4. The van der Waals surface area contributed by atoms with E-state index < -0.39 is 5.97 Å². The van der Waals surface area contributed by atoms with Crippen molar-refractivity contribution in [2.24, 2.45) is 0 Å². The second kappa shape index (κ2) is 4.08. The molecule has 0 spiro atoms. The molecule has 0 atom stereocenters. The van der Waals surface area contributed by atoms with E-state index in [1.54, 1.807) is 16.8 Å². The zero-order chi connectivity index (χ0) is 12.6. The summed E-state index contributed by atoms with van der Waals surface area (Å²) in [7, 11) is 0. The minimum Gasteiger partial charge on any atom is -0.478 e. The number of carboxylic acid groups (broad SMARTS) is 1. The number of rotatable bonds is 3. The highest BCUT2D eigenvalue weighted by atomic mass is 16.4. The number of hydrogen-bond acceptors (Lipinski definition) is 3. The van der Waals surface area contributed by atoms with Gasteiger partial charge in [0.15, 0.2) is 5.76 Å². The monoisotopic (exact) mass is 234 g/mol. The number of furan rings is 1. The van der Waals surface area contributed by atoms with Crippen LogP contribution in [-0.2, 0) is 0 Å². The van der Waals surface area contributed by atoms with Crippen LogP contribution in [0.3, 0.4) is 0 Å². The van der Waals surface area contributed by atoms with Crippen molar-refractivity contribution in [3.63, 3.8) is 0 Å². The van der Waals surface area contributed by atoms with Gasteiger partial charge in [0.25, 0.3) is 0 Å². The van der Waals surface area contributed by atoms with Crippen LogP contribution in [-0.4, -0.2) is 20.9 Å². The molecule has 0 aliphatic heterocycles. The van der Waals surface area contributed by atoms with Crippen molar-refractivity contribution < 1.29 is 14.3 Å². The molecule has 0 fully saturated rings. The lowest BCUT2D eigenvalue weighted by Gasteiger charge is -2.02. The molecule has 17 heavy (non-hydrogen) atoms. The first-order chi connectivity index (χ1) is 7.99. The Morgan fingerprint density at radius 1 is 1.47 bits per heavy atom. The van der Waals surface area contributed by atoms with Crippen molar-refractivity contribution in [2.45, 2.75) is 26.8 Å². The van der Waals surface area contributed by atoms with Gasteiger partial charge in [0, 0.05) is 12.2 Å². The van der Waals surface area contributed by atoms with Crippen molar-refractivity contribution in [1.29, 1.82) is 0 Å². The van der Waals surface area contributed by atoms with E-state index in [4.69, 9.17) is 9.52 Å². The second-order valence-electron chi connectivity index (χ2n) is 4.18. The number of aryl methyl sites for hydroxylation is 1. The van der Waals surface area contributed by atoms with Gasteiger partial charge >= 0.3 is 5.97 Å². The number of carboxylic acids is 1. The van der Waals surface area contributed by atoms with Crippen molar-refractivity contribution in [3.8, 4) is 11.5 Å². The van der Waals surface area contributed by atoms with Gasteiger partial charge < -0.3 is 9.52 Å². The van der Waals surface area contributed by atoms with E-state index in [-0.39, 0.29) is 11.6 Å². The second-order valence-corrected chi connectivity index (χ2v) is 4.18. The fraction of sp³-hybridized carbons (Fsp3) is 0.333. The van der Waals surface area contributed by atoms with Gasteiger partial charge in [-0.1, -0.05) is 0 Å². The van der Waals surface area contributed by atoms with Gasteiger partial charge in [-0.2, -0.15) is 5.10 Å². The summed E-state index contributed by atoms with van der Waals surface area (Å²) in [4.78, 5) is 11.1. The van der Waals surface area contributed by atoms with Crippen LogP contribution < -0.4 is 0 Å². The van der Waals surface area contributed by atoms with Gasteiger partial charge in [-0.05, 0) is 32.9 Å². The quantitative estimate of drug-likeness (QED) is 0.886. The summed E-state index contributed by atoms with van der Waals surface area (Å²) < 4.78 is 7.04. The van der Waals surface area contributed by atoms with E-state index in [0.29, 0.717) is 11.5 Å². The fourth-order valence-corrected chi connectivity index (χ4v) is 1.56. The van der Waals surface area contributed by atoms with Crippen LogP contribution in [0.5, 0.6) is 0 Å². The minimum absolute atomic E-state index is 0.109. The van der Waals surface area contributed by atoms with Gasteiger partial charge in [-0.25, -0.2) is 4.79 Å². The van der Waals surface area contributed by atoms with Gasteiger partial charge in [-0.3, -0.25) is 4.68 Å². The normalized spacial score (nSPS) is 11.1.